The Balaban J connectivity index is 2.30. The van der Waals surface area contributed by atoms with Crippen LogP contribution in [0.3, 0.4) is 0 Å². The highest BCUT2D eigenvalue weighted by molar-refractivity contribution is 9.10. The fraction of sp³-hybridized carbons (Fsp3) is 0.0714. The maximum Gasteiger partial charge on any atom is 0.255 e. The molecule has 1 N–H and O–H groups in total. The van der Waals surface area contributed by atoms with Gasteiger partial charge < -0.3 is 5.32 Å². The molecule has 2 nitrogen and oxygen atoms in total. The van der Waals surface area contributed by atoms with E-state index in [1.54, 1.807) is 19.1 Å². The molecule has 0 heterocycles. The van der Waals surface area contributed by atoms with Gasteiger partial charge in [-0.15, -0.1) is 0 Å². The van der Waals surface area contributed by atoms with Crippen LogP contribution in [0.5, 0.6) is 0 Å². The van der Waals surface area contributed by atoms with Gasteiger partial charge in [0.1, 0.15) is 11.5 Å². The van der Waals surface area contributed by atoms with Gasteiger partial charge in [-0.3, -0.25) is 4.79 Å². The lowest BCUT2D eigenvalue weighted by molar-refractivity contribution is 0.102. The Labute approximate surface area is 121 Å². The first-order chi connectivity index (χ1) is 9.38. The van der Waals surface area contributed by atoms with E-state index in [9.17, 15) is 18.0 Å². The van der Waals surface area contributed by atoms with Crippen LogP contribution in [-0.2, 0) is 0 Å². The molecule has 0 saturated heterocycles. The van der Waals surface area contributed by atoms with E-state index in [1.807, 2.05) is 0 Å². The summed E-state index contributed by atoms with van der Waals surface area (Å²) in [7, 11) is 0. The quantitative estimate of drug-likeness (QED) is 0.858. The SMILES string of the molecule is Cc1cc(C(=O)Nc2c(F)cc(F)cc2F)ccc1Br. The molecule has 0 aliphatic carbocycles. The highest BCUT2D eigenvalue weighted by Crippen LogP contribution is 2.22. The average molecular weight is 344 g/mol. The molecular formula is C14H9BrF3NO. The predicted molar refractivity (Wildman–Crippen MR) is 73.1 cm³/mol. The third kappa shape index (κ3) is 3.01. The van der Waals surface area contributed by atoms with Crippen molar-refractivity contribution in [3.05, 3.63) is 63.4 Å². The van der Waals surface area contributed by atoms with Crippen LogP contribution in [0.2, 0.25) is 0 Å². The largest absolute Gasteiger partial charge is 0.317 e. The van der Waals surface area contributed by atoms with Crippen LogP contribution >= 0.6 is 15.9 Å². The van der Waals surface area contributed by atoms with E-state index in [0.717, 1.165) is 10.0 Å². The zero-order valence-corrected chi connectivity index (χ0v) is 11.9. The molecule has 0 saturated carbocycles. The number of nitrogens with one attached hydrogen (secondary N) is 1. The molecule has 2 aromatic carbocycles. The van der Waals surface area contributed by atoms with Gasteiger partial charge in [0.2, 0.25) is 0 Å². The number of halogens is 4. The van der Waals surface area contributed by atoms with E-state index < -0.39 is 29.0 Å². The smallest absolute Gasteiger partial charge is 0.255 e. The van der Waals surface area contributed by atoms with Gasteiger partial charge in [-0.05, 0) is 30.7 Å². The van der Waals surface area contributed by atoms with Crippen LogP contribution in [0.15, 0.2) is 34.8 Å². The molecule has 0 unspecified atom stereocenters. The molecule has 0 atom stereocenters. The number of carbonyl (C=O) groups excluding carboxylic acids is 1. The molecule has 104 valence electrons. The van der Waals surface area contributed by atoms with Gasteiger partial charge in [-0.1, -0.05) is 15.9 Å². The lowest BCUT2D eigenvalue weighted by atomic mass is 10.1. The van der Waals surface area contributed by atoms with Gasteiger partial charge in [0, 0.05) is 22.2 Å². The highest BCUT2D eigenvalue weighted by atomic mass is 79.9. The molecule has 0 aliphatic heterocycles. The van der Waals surface area contributed by atoms with Crippen molar-refractivity contribution in [3.8, 4) is 0 Å². The topological polar surface area (TPSA) is 29.1 Å². The normalized spacial score (nSPS) is 10.4. The first kappa shape index (κ1) is 14.6. The molecule has 0 aromatic heterocycles. The standard InChI is InChI=1S/C14H9BrF3NO/c1-7-4-8(2-3-10(7)15)14(20)19-13-11(17)5-9(16)6-12(13)18/h2-6H,1H3,(H,19,20). The fourth-order valence-electron chi connectivity index (χ4n) is 1.63. The third-order valence-electron chi connectivity index (χ3n) is 2.67. The van der Waals surface area contributed by atoms with Gasteiger partial charge >= 0.3 is 0 Å². The number of carbonyl (C=O) groups is 1. The number of amides is 1. The van der Waals surface area contributed by atoms with Crippen molar-refractivity contribution in [2.24, 2.45) is 0 Å². The van der Waals surface area contributed by atoms with Crippen LogP contribution in [0, 0.1) is 24.4 Å². The first-order valence-electron chi connectivity index (χ1n) is 5.60. The molecule has 2 aromatic rings. The van der Waals surface area contributed by atoms with Crippen molar-refractivity contribution in [2.45, 2.75) is 6.92 Å². The zero-order valence-electron chi connectivity index (χ0n) is 10.3. The fourth-order valence-corrected chi connectivity index (χ4v) is 1.88. The maximum absolute atomic E-state index is 13.4. The summed E-state index contributed by atoms with van der Waals surface area (Å²) >= 11 is 3.28. The molecule has 1 amide bonds. The Morgan fingerprint density at radius 1 is 1.10 bits per heavy atom. The summed E-state index contributed by atoms with van der Waals surface area (Å²) in [6.07, 6.45) is 0. The third-order valence-corrected chi connectivity index (χ3v) is 3.56. The molecule has 0 bridgehead atoms. The summed E-state index contributed by atoms with van der Waals surface area (Å²) in [4.78, 5) is 11.9. The van der Waals surface area contributed by atoms with Gasteiger partial charge in [-0.25, -0.2) is 13.2 Å². The van der Waals surface area contributed by atoms with Crippen LogP contribution in [0.1, 0.15) is 15.9 Å². The van der Waals surface area contributed by atoms with E-state index >= 15 is 0 Å². The van der Waals surface area contributed by atoms with Crippen molar-refractivity contribution >= 4 is 27.5 Å². The van der Waals surface area contributed by atoms with Crippen molar-refractivity contribution < 1.29 is 18.0 Å². The summed E-state index contributed by atoms with van der Waals surface area (Å²) in [5.41, 5.74) is 0.378. The van der Waals surface area contributed by atoms with Crippen molar-refractivity contribution in [1.82, 2.24) is 0 Å². The van der Waals surface area contributed by atoms with Crippen molar-refractivity contribution in [3.63, 3.8) is 0 Å². The van der Waals surface area contributed by atoms with Crippen LogP contribution in [0.25, 0.3) is 0 Å². The highest BCUT2D eigenvalue weighted by Gasteiger charge is 2.15. The number of anilines is 1. The van der Waals surface area contributed by atoms with Gasteiger partial charge in [0.25, 0.3) is 5.91 Å². The number of benzene rings is 2. The summed E-state index contributed by atoms with van der Waals surface area (Å²) < 4.78 is 40.4. The molecule has 20 heavy (non-hydrogen) atoms. The number of rotatable bonds is 2. The zero-order chi connectivity index (χ0) is 14.9. The minimum Gasteiger partial charge on any atom is -0.317 e. The Morgan fingerprint density at radius 2 is 1.70 bits per heavy atom. The van der Waals surface area contributed by atoms with E-state index in [4.69, 9.17) is 0 Å². The molecular weight excluding hydrogens is 335 g/mol. The van der Waals surface area contributed by atoms with E-state index in [2.05, 4.69) is 21.2 Å². The molecule has 0 fully saturated rings. The first-order valence-corrected chi connectivity index (χ1v) is 6.40. The lowest BCUT2D eigenvalue weighted by Gasteiger charge is -2.09. The van der Waals surface area contributed by atoms with Crippen molar-refractivity contribution in [2.75, 3.05) is 5.32 Å². The summed E-state index contributed by atoms with van der Waals surface area (Å²) in [5.74, 6) is -4.04. The number of hydrogen-bond acceptors (Lipinski definition) is 1. The maximum atomic E-state index is 13.4. The van der Waals surface area contributed by atoms with Crippen LogP contribution in [-0.4, -0.2) is 5.91 Å². The molecule has 2 rings (SSSR count). The Morgan fingerprint density at radius 3 is 2.25 bits per heavy atom. The van der Waals surface area contributed by atoms with E-state index in [0.29, 0.717) is 12.1 Å². The Bertz CT molecular complexity index is 665. The average Bonchev–Trinajstić information content (AvgIpc) is 2.36. The number of aryl methyl sites for hydroxylation is 1. The summed E-state index contributed by atoms with van der Waals surface area (Å²) in [5, 5.41) is 2.10. The van der Waals surface area contributed by atoms with Gasteiger partial charge in [-0.2, -0.15) is 0 Å². The second-order valence-electron chi connectivity index (χ2n) is 4.16. The molecule has 6 heteroatoms. The van der Waals surface area contributed by atoms with E-state index in [-0.39, 0.29) is 5.56 Å². The van der Waals surface area contributed by atoms with Crippen LogP contribution < -0.4 is 5.32 Å². The monoisotopic (exact) mass is 343 g/mol. The van der Waals surface area contributed by atoms with Crippen LogP contribution in [0.4, 0.5) is 18.9 Å². The molecule has 0 radical (unpaired) electrons. The number of hydrogen-bond donors (Lipinski definition) is 1. The lowest BCUT2D eigenvalue weighted by Crippen LogP contribution is -2.14. The summed E-state index contributed by atoms with van der Waals surface area (Å²) in [6.45, 7) is 1.78. The van der Waals surface area contributed by atoms with Gasteiger partial charge in [0.15, 0.2) is 11.6 Å². The Hall–Kier alpha value is -1.82. The van der Waals surface area contributed by atoms with Gasteiger partial charge in [0.05, 0.1) is 0 Å². The van der Waals surface area contributed by atoms with E-state index in [1.165, 1.54) is 6.07 Å². The molecule has 0 aliphatic rings. The Kier molecular flexibility index (Phi) is 4.13. The molecule has 0 spiro atoms. The minimum absolute atomic E-state index is 0.244. The van der Waals surface area contributed by atoms with Crippen molar-refractivity contribution in [1.29, 1.82) is 0 Å². The predicted octanol–water partition coefficient (Wildman–Crippen LogP) is 4.43. The second-order valence-corrected chi connectivity index (χ2v) is 5.02. The minimum atomic E-state index is -1.16. The summed E-state index contributed by atoms with van der Waals surface area (Å²) in [6, 6.07) is 5.74. The second kappa shape index (κ2) is 5.66.